The summed E-state index contributed by atoms with van der Waals surface area (Å²) >= 11 is 0. The minimum absolute atomic E-state index is 0.0631. The third-order valence-corrected chi connectivity index (χ3v) is 3.50. The number of aliphatic hydroxyl groups is 1. The van der Waals surface area contributed by atoms with Gasteiger partial charge in [-0.3, -0.25) is 4.79 Å². The lowest BCUT2D eigenvalue weighted by molar-refractivity contribution is -0.136. The highest BCUT2D eigenvalue weighted by atomic mass is 16.5. The molecule has 110 valence electrons. The van der Waals surface area contributed by atoms with Gasteiger partial charge in [0.25, 0.3) is 0 Å². The van der Waals surface area contributed by atoms with Crippen molar-refractivity contribution < 1.29 is 24.7 Å². The predicted octanol–water partition coefficient (Wildman–Crippen LogP) is 0.567. The minimum atomic E-state index is -1.18. The van der Waals surface area contributed by atoms with E-state index in [2.05, 4.69) is 0 Å². The van der Waals surface area contributed by atoms with Gasteiger partial charge >= 0.3 is 13.1 Å². The van der Waals surface area contributed by atoms with Crippen molar-refractivity contribution in [2.75, 3.05) is 0 Å². The molecule has 3 N–H and O–H groups in total. The molecular weight excluding hydrogens is 259 g/mol. The third kappa shape index (κ3) is 4.33. The van der Waals surface area contributed by atoms with Gasteiger partial charge in [-0.1, -0.05) is 24.3 Å². The fourth-order valence-electron chi connectivity index (χ4n) is 1.47. The highest BCUT2D eigenvalue weighted by molar-refractivity contribution is 6.60. The number of benzene rings is 1. The summed E-state index contributed by atoms with van der Waals surface area (Å²) < 4.78 is 5.50. The molecule has 1 aromatic carbocycles. The maximum Gasteiger partial charge on any atom is 0.491 e. The first-order valence-corrected chi connectivity index (χ1v) is 6.42. The second-order valence-corrected chi connectivity index (χ2v) is 5.85. The van der Waals surface area contributed by atoms with Gasteiger partial charge in [0.15, 0.2) is 0 Å². The van der Waals surface area contributed by atoms with Crippen LogP contribution in [0, 0.1) is 0 Å². The van der Waals surface area contributed by atoms with Crippen molar-refractivity contribution in [1.29, 1.82) is 0 Å². The van der Waals surface area contributed by atoms with Crippen molar-refractivity contribution in [3.8, 4) is 0 Å². The Kier molecular flexibility index (Phi) is 4.97. The van der Waals surface area contributed by atoms with Crippen molar-refractivity contribution in [2.45, 2.75) is 45.3 Å². The Hall–Kier alpha value is -1.37. The number of carboxylic acids is 1. The average molecular weight is 280 g/mol. The van der Waals surface area contributed by atoms with E-state index in [0.29, 0.717) is 11.0 Å². The van der Waals surface area contributed by atoms with Crippen LogP contribution in [0.25, 0.3) is 0 Å². The van der Waals surface area contributed by atoms with Crippen LogP contribution in [0.4, 0.5) is 0 Å². The second-order valence-electron chi connectivity index (χ2n) is 5.85. The molecule has 0 aromatic heterocycles. The molecule has 0 spiro atoms. The molecule has 0 atom stereocenters. The van der Waals surface area contributed by atoms with E-state index in [1.165, 1.54) is 0 Å². The lowest BCUT2D eigenvalue weighted by atomic mass is 9.76. The minimum Gasteiger partial charge on any atom is -0.481 e. The first-order valence-electron chi connectivity index (χ1n) is 6.42. The molecule has 0 saturated heterocycles. The van der Waals surface area contributed by atoms with Gasteiger partial charge in [0, 0.05) is 0 Å². The highest BCUT2D eigenvalue weighted by Gasteiger charge is 2.39. The van der Waals surface area contributed by atoms with Gasteiger partial charge in [0.1, 0.15) is 0 Å². The fraction of sp³-hybridized carbons (Fsp3) is 0.500. The van der Waals surface area contributed by atoms with Gasteiger partial charge in [0.2, 0.25) is 0 Å². The van der Waals surface area contributed by atoms with Crippen molar-refractivity contribution >= 4 is 18.6 Å². The molecule has 5 nitrogen and oxygen atoms in total. The summed E-state index contributed by atoms with van der Waals surface area (Å²) in [5.41, 5.74) is -0.893. The molecule has 0 unspecified atom stereocenters. The Balaban J connectivity index is 2.78. The number of hydrogen-bond donors (Lipinski definition) is 3. The van der Waals surface area contributed by atoms with Gasteiger partial charge < -0.3 is 19.9 Å². The molecular formula is C14H21BO5. The predicted molar refractivity (Wildman–Crippen MR) is 76.9 cm³/mol. The van der Waals surface area contributed by atoms with E-state index in [-0.39, 0.29) is 6.42 Å². The quantitative estimate of drug-likeness (QED) is 0.663. The van der Waals surface area contributed by atoms with E-state index in [9.17, 15) is 14.9 Å². The zero-order chi connectivity index (χ0) is 15.6. The van der Waals surface area contributed by atoms with Crippen LogP contribution in [0.15, 0.2) is 24.3 Å². The summed E-state index contributed by atoms with van der Waals surface area (Å²) in [6, 6.07) is 6.49. The summed E-state index contributed by atoms with van der Waals surface area (Å²) in [7, 11) is -1.18. The Bertz CT molecular complexity index is 461. The average Bonchev–Trinajstić information content (AvgIpc) is 2.26. The molecule has 0 aliphatic carbocycles. The first kappa shape index (κ1) is 16.7. The van der Waals surface area contributed by atoms with Crippen LogP contribution in [0.5, 0.6) is 0 Å². The van der Waals surface area contributed by atoms with Crippen molar-refractivity contribution in [3.05, 3.63) is 29.8 Å². The molecule has 0 heterocycles. The topological polar surface area (TPSA) is 87.0 Å². The van der Waals surface area contributed by atoms with E-state index in [1.807, 2.05) is 0 Å². The molecule has 20 heavy (non-hydrogen) atoms. The Morgan fingerprint density at radius 3 is 2.10 bits per heavy atom. The van der Waals surface area contributed by atoms with Gasteiger partial charge in [-0.05, 0) is 38.7 Å². The number of aliphatic carboxylic acids is 1. The van der Waals surface area contributed by atoms with Crippen molar-refractivity contribution in [3.63, 3.8) is 0 Å². The Morgan fingerprint density at radius 2 is 1.70 bits per heavy atom. The van der Waals surface area contributed by atoms with Crippen LogP contribution in [-0.4, -0.2) is 39.5 Å². The van der Waals surface area contributed by atoms with Crippen molar-refractivity contribution in [1.82, 2.24) is 0 Å². The number of hydrogen-bond acceptors (Lipinski definition) is 4. The van der Waals surface area contributed by atoms with E-state index in [4.69, 9.17) is 9.76 Å². The van der Waals surface area contributed by atoms with Gasteiger partial charge in [-0.25, -0.2) is 0 Å². The standard InChI is InChI=1S/C14H21BO5/c1-13(2,18)14(3,4)20-15(19)11-7-5-10(6-8-11)9-12(16)17/h5-8,18-19H,9H2,1-4H3,(H,16,17). The maximum absolute atomic E-state index is 10.6. The van der Waals surface area contributed by atoms with Crippen LogP contribution >= 0.6 is 0 Å². The smallest absolute Gasteiger partial charge is 0.481 e. The monoisotopic (exact) mass is 280 g/mol. The molecule has 0 aliphatic rings. The first-order chi connectivity index (χ1) is 9.03. The van der Waals surface area contributed by atoms with Crippen LogP contribution in [0.1, 0.15) is 33.3 Å². The molecule has 1 rings (SSSR count). The summed E-state index contributed by atoms with van der Waals surface area (Å²) in [5, 5.41) is 28.7. The second kappa shape index (κ2) is 5.95. The lowest BCUT2D eigenvalue weighted by Crippen LogP contribution is -2.53. The van der Waals surface area contributed by atoms with Crippen LogP contribution in [0.2, 0.25) is 0 Å². The molecule has 0 bridgehead atoms. The van der Waals surface area contributed by atoms with Crippen LogP contribution in [0.3, 0.4) is 0 Å². The highest BCUT2D eigenvalue weighted by Crippen LogP contribution is 2.25. The normalized spacial score (nSPS) is 12.3. The van der Waals surface area contributed by atoms with E-state index >= 15 is 0 Å². The summed E-state index contributed by atoms with van der Waals surface area (Å²) in [5.74, 6) is -0.905. The zero-order valence-corrected chi connectivity index (χ0v) is 12.3. The lowest BCUT2D eigenvalue weighted by Gasteiger charge is -2.38. The summed E-state index contributed by atoms with van der Waals surface area (Å²) in [6.07, 6.45) is -0.0631. The number of rotatable bonds is 6. The molecule has 0 saturated carbocycles. The SMILES string of the molecule is CC(C)(O)C(C)(C)OB(O)c1ccc(CC(=O)O)cc1. The van der Waals surface area contributed by atoms with Crippen molar-refractivity contribution in [2.24, 2.45) is 0 Å². The van der Waals surface area contributed by atoms with Gasteiger partial charge in [-0.2, -0.15) is 0 Å². The Labute approximate surface area is 119 Å². The molecule has 0 fully saturated rings. The molecule has 6 heteroatoms. The Morgan fingerprint density at radius 1 is 1.20 bits per heavy atom. The summed E-state index contributed by atoms with van der Waals surface area (Å²) in [4.78, 5) is 10.6. The molecule has 0 amide bonds. The maximum atomic E-state index is 10.6. The molecule has 1 aromatic rings. The molecule has 0 radical (unpaired) electrons. The van der Waals surface area contributed by atoms with E-state index < -0.39 is 24.3 Å². The number of carbonyl (C=O) groups is 1. The third-order valence-electron chi connectivity index (χ3n) is 3.50. The van der Waals surface area contributed by atoms with Crippen LogP contribution in [-0.2, 0) is 15.9 Å². The van der Waals surface area contributed by atoms with Crippen LogP contribution < -0.4 is 5.46 Å². The molecule has 0 aliphatic heterocycles. The van der Waals surface area contributed by atoms with E-state index in [1.54, 1.807) is 52.0 Å². The van der Waals surface area contributed by atoms with Gasteiger partial charge in [0.05, 0.1) is 17.6 Å². The van der Waals surface area contributed by atoms with E-state index in [0.717, 1.165) is 0 Å². The van der Waals surface area contributed by atoms with Gasteiger partial charge in [-0.15, -0.1) is 0 Å². The zero-order valence-electron chi connectivity index (χ0n) is 12.3. The fourth-order valence-corrected chi connectivity index (χ4v) is 1.47. The largest absolute Gasteiger partial charge is 0.491 e. The number of carboxylic acid groups (broad SMARTS) is 1. The summed E-state index contributed by atoms with van der Waals surface area (Å²) in [6.45, 7) is 6.59.